The molecule has 0 spiro atoms. The molecule has 0 aliphatic heterocycles. The zero-order valence-electron chi connectivity index (χ0n) is 13.9. The average molecular weight is 390 g/mol. The van der Waals surface area contributed by atoms with Crippen LogP contribution in [0.2, 0.25) is 0 Å². The normalized spacial score (nSPS) is 19.1. The molecule has 3 rings (SSSR count). The molecule has 0 saturated heterocycles. The predicted molar refractivity (Wildman–Crippen MR) is 98.0 cm³/mol. The maximum atomic E-state index is 12.7. The Labute approximate surface area is 158 Å². The fraction of sp³-hybridized carbons (Fsp3) is 0.278. The highest BCUT2D eigenvalue weighted by molar-refractivity contribution is 7.17. The molecule has 2 heterocycles. The first kappa shape index (κ1) is 18.3. The number of carboxylic acid groups (broad SMARTS) is 1. The number of rotatable bonds is 5. The number of esters is 1. The summed E-state index contributed by atoms with van der Waals surface area (Å²) >= 11 is 2.69. The van der Waals surface area contributed by atoms with E-state index in [0.29, 0.717) is 17.0 Å². The molecule has 1 amide bonds. The zero-order valence-corrected chi connectivity index (χ0v) is 15.5. The lowest BCUT2D eigenvalue weighted by Gasteiger charge is -2.28. The molecule has 6 nitrogen and oxygen atoms in total. The second-order valence-electron chi connectivity index (χ2n) is 5.79. The van der Waals surface area contributed by atoms with E-state index in [4.69, 9.17) is 4.74 Å². The van der Waals surface area contributed by atoms with Crippen molar-refractivity contribution in [1.82, 2.24) is 0 Å². The summed E-state index contributed by atoms with van der Waals surface area (Å²) in [6.07, 6.45) is 4.11. The monoisotopic (exact) mass is 390 g/mol. The number of methoxy groups -OCH3 is 1. The lowest BCUT2D eigenvalue weighted by Crippen LogP contribution is -2.41. The summed E-state index contributed by atoms with van der Waals surface area (Å²) in [4.78, 5) is 37.1. The molecular weight excluding hydrogens is 374 g/mol. The number of ether oxygens (including phenoxy) is 1. The summed E-state index contributed by atoms with van der Waals surface area (Å²) in [5.74, 6) is -3.84. The molecule has 0 bridgehead atoms. The van der Waals surface area contributed by atoms with E-state index in [1.54, 1.807) is 17.5 Å². The van der Waals surface area contributed by atoms with E-state index in [-0.39, 0.29) is 12.0 Å². The smallest absolute Gasteiger partial charge is 0.341 e. The molecule has 0 fully saturated rings. The highest BCUT2D eigenvalue weighted by Crippen LogP contribution is 2.39. The van der Waals surface area contributed by atoms with Crippen LogP contribution in [0.4, 0.5) is 5.00 Å². The predicted octanol–water partition coefficient (Wildman–Crippen LogP) is 2.53. The van der Waals surface area contributed by atoms with Crippen molar-refractivity contribution in [3.8, 4) is 10.4 Å². The molecule has 1 N–H and O–H groups in total. The van der Waals surface area contributed by atoms with Gasteiger partial charge in [-0.3, -0.25) is 4.79 Å². The summed E-state index contributed by atoms with van der Waals surface area (Å²) in [5, 5.41) is 18.1. The summed E-state index contributed by atoms with van der Waals surface area (Å²) in [7, 11) is 1.28. The first-order valence-electron chi connectivity index (χ1n) is 7.93. The number of carbonyl (C=O) groups excluding carboxylic acids is 3. The van der Waals surface area contributed by atoms with Crippen LogP contribution >= 0.6 is 22.7 Å². The van der Waals surface area contributed by atoms with Crippen molar-refractivity contribution in [2.45, 2.75) is 12.8 Å². The Hall–Kier alpha value is -2.45. The Balaban J connectivity index is 1.90. The van der Waals surface area contributed by atoms with Gasteiger partial charge in [-0.25, -0.2) is 4.79 Å². The quantitative estimate of drug-likeness (QED) is 0.625. The van der Waals surface area contributed by atoms with E-state index in [2.05, 4.69) is 5.32 Å². The molecule has 2 atom stereocenters. The summed E-state index contributed by atoms with van der Waals surface area (Å²) < 4.78 is 4.87. The molecular formula is C18H16NO5S2-. The Morgan fingerprint density at radius 2 is 1.92 bits per heavy atom. The molecule has 2 aromatic rings. The van der Waals surface area contributed by atoms with Crippen molar-refractivity contribution in [1.29, 1.82) is 0 Å². The van der Waals surface area contributed by atoms with Crippen LogP contribution < -0.4 is 10.4 Å². The second kappa shape index (κ2) is 7.84. The Morgan fingerprint density at radius 1 is 1.19 bits per heavy atom. The Bertz CT molecular complexity index is 853. The number of thiophene rings is 2. The van der Waals surface area contributed by atoms with Crippen molar-refractivity contribution in [3.63, 3.8) is 0 Å². The van der Waals surface area contributed by atoms with Crippen LogP contribution in [-0.4, -0.2) is 25.0 Å². The van der Waals surface area contributed by atoms with Gasteiger partial charge in [-0.05, 0) is 24.3 Å². The summed E-state index contributed by atoms with van der Waals surface area (Å²) in [6.45, 7) is 0. The fourth-order valence-corrected chi connectivity index (χ4v) is 4.71. The minimum absolute atomic E-state index is 0.259. The first-order valence-corrected chi connectivity index (χ1v) is 9.69. The number of carbonyl (C=O) groups is 3. The molecule has 0 unspecified atom stereocenters. The van der Waals surface area contributed by atoms with Crippen LogP contribution in [0.5, 0.6) is 0 Å². The van der Waals surface area contributed by atoms with Gasteiger partial charge in [0.1, 0.15) is 10.6 Å². The van der Waals surface area contributed by atoms with E-state index >= 15 is 0 Å². The Morgan fingerprint density at radius 3 is 2.54 bits per heavy atom. The van der Waals surface area contributed by atoms with Crippen molar-refractivity contribution in [2.24, 2.45) is 11.8 Å². The molecule has 1 aliphatic carbocycles. The van der Waals surface area contributed by atoms with Crippen molar-refractivity contribution in [2.75, 3.05) is 12.4 Å². The number of aliphatic carboxylic acids is 1. The van der Waals surface area contributed by atoms with Gasteiger partial charge >= 0.3 is 5.97 Å². The van der Waals surface area contributed by atoms with E-state index < -0.39 is 29.7 Å². The average Bonchev–Trinajstić information content (AvgIpc) is 3.30. The van der Waals surface area contributed by atoms with Gasteiger partial charge < -0.3 is 20.0 Å². The highest BCUT2D eigenvalue weighted by atomic mass is 32.1. The molecule has 2 aromatic heterocycles. The van der Waals surface area contributed by atoms with Crippen LogP contribution in [-0.2, 0) is 14.3 Å². The molecule has 0 aromatic carbocycles. The van der Waals surface area contributed by atoms with Crippen LogP contribution in [0.25, 0.3) is 10.4 Å². The first-order chi connectivity index (χ1) is 12.5. The van der Waals surface area contributed by atoms with Crippen LogP contribution in [0.1, 0.15) is 23.2 Å². The minimum Gasteiger partial charge on any atom is -0.550 e. The number of nitrogens with one attached hydrogen (secondary N) is 1. The third kappa shape index (κ3) is 3.56. The molecule has 0 radical (unpaired) electrons. The van der Waals surface area contributed by atoms with Gasteiger partial charge in [0.05, 0.1) is 13.0 Å². The number of allylic oxidation sites excluding steroid dienone is 2. The molecule has 0 saturated carbocycles. The maximum absolute atomic E-state index is 12.7. The van der Waals surface area contributed by atoms with E-state index in [1.807, 2.05) is 17.5 Å². The van der Waals surface area contributed by atoms with Crippen molar-refractivity contribution < 1.29 is 24.2 Å². The number of anilines is 1. The highest BCUT2D eigenvalue weighted by Gasteiger charge is 2.31. The van der Waals surface area contributed by atoms with E-state index in [9.17, 15) is 19.5 Å². The Kier molecular flexibility index (Phi) is 5.53. The topological polar surface area (TPSA) is 95.5 Å². The van der Waals surface area contributed by atoms with E-state index in [1.165, 1.54) is 29.8 Å². The maximum Gasteiger partial charge on any atom is 0.341 e. The summed E-state index contributed by atoms with van der Waals surface area (Å²) in [6, 6.07) is 3.75. The van der Waals surface area contributed by atoms with Gasteiger partial charge in [-0.2, -0.15) is 0 Å². The SMILES string of the molecule is COC(=O)c1c(-c2cccs2)csc1NC(=O)[C@H]1CC=CC[C@H]1C(=O)[O-]. The van der Waals surface area contributed by atoms with Gasteiger partial charge in [0, 0.05) is 27.7 Å². The number of hydrogen-bond donors (Lipinski definition) is 1. The lowest BCUT2D eigenvalue weighted by molar-refractivity contribution is -0.313. The van der Waals surface area contributed by atoms with Crippen molar-refractivity contribution >= 4 is 45.5 Å². The summed E-state index contributed by atoms with van der Waals surface area (Å²) in [5.41, 5.74) is 0.969. The molecule has 136 valence electrons. The van der Waals surface area contributed by atoms with E-state index in [0.717, 1.165) is 4.88 Å². The minimum atomic E-state index is -1.24. The molecule has 26 heavy (non-hydrogen) atoms. The van der Waals surface area contributed by atoms with Gasteiger partial charge in [0.15, 0.2) is 0 Å². The van der Waals surface area contributed by atoms with Crippen LogP contribution in [0.3, 0.4) is 0 Å². The van der Waals surface area contributed by atoms with Crippen molar-refractivity contribution in [3.05, 3.63) is 40.6 Å². The second-order valence-corrected chi connectivity index (χ2v) is 7.61. The zero-order chi connectivity index (χ0) is 18.7. The third-order valence-electron chi connectivity index (χ3n) is 4.28. The molecule has 8 heteroatoms. The van der Waals surface area contributed by atoms with Gasteiger partial charge in [0.2, 0.25) is 5.91 Å². The number of hydrogen-bond acceptors (Lipinski definition) is 7. The largest absolute Gasteiger partial charge is 0.550 e. The van der Waals surface area contributed by atoms with Gasteiger partial charge in [0.25, 0.3) is 0 Å². The standard InChI is InChI=1S/C18H17NO5S2/c1-24-18(23)14-12(13-7-4-8-25-13)9-26-16(14)19-15(20)10-5-2-3-6-11(10)17(21)22/h2-4,7-11H,5-6H2,1H3,(H,19,20)(H,21,22)/p-1/t10-,11+/m0/s1. The van der Waals surface area contributed by atoms with Gasteiger partial charge in [-0.15, -0.1) is 22.7 Å². The lowest BCUT2D eigenvalue weighted by atomic mass is 9.82. The molecule has 1 aliphatic rings. The number of carboxylic acids is 1. The third-order valence-corrected chi connectivity index (χ3v) is 6.07. The van der Waals surface area contributed by atoms with Gasteiger partial charge in [-0.1, -0.05) is 18.2 Å². The van der Waals surface area contributed by atoms with Crippen LogP contribution in [0.15, 0.2) is 35.0 Å². The fourth-order valence-electron chi connectivity index (χ4n) is 2.94. The van der Waals surface area contributed by atoms with Crippen LogP contribution in [0, 0.1) is 11.8 Å². The number of amides is 1.